The largest absolute Gasteiger partial charge is 0.497 e. The molecular formula is C12H16O2. The van der Waals surface area contributed by atoms with E-state index in [1.54, 1.807) is 14.2 Å². The molecule has 0 aliphatic rings. The summed E-state index contributed by atoms with van der Waals surface area (Å²) >= 11 is 0. The van der Waals surface area contributed by atoms with E-state index in [4.69, 9.17) is 9.47 Å². The smallest absolute Gasteiger partial charge is 0.126 e. The van der Waals surface area contributed by atoms with E-state index in [1.165, 1.54) is 5.57 Å². The van der Waals surface area contributed by atoms with Crippen molar-refractivity contribution in [1.29, 1.82) is 0 Å². The molecule has 0 radical (unpaired) electrons. The molecule has 1 rings (SSSR count). The van der Waals surface area contributed by atoms with Gasteiger partial charge in [-0.05, 0) is 32.0 Å². The fourth-order valence-corrected chi connectivity index (χ4v) is 1.26. The van der Waals surface area contributed by atoms with Crippen LogP contribution in [0.1, 0.15) is 19.4 Å². The Kier molecular flexibility index (Phi) is 3.57. The van der Waals surface area contributed by atoms with Gasteiger partial charge in [0, 0.05) is 5.56 Å². The van der Waals surface area contributed by atoms with Gasteiger partial charge in [0.1, 0.15) is 11.5 Å². The molecule has 0 spiro atoms. The number of hydrogen-bond donors (Lipinski definition) is 0. The summed E-state index contributed by atoms with van der Waals surface area (Å²) in [6, 6.07) is 5.76. The van der Waals surface area contributed by atoms with Crippen LogP contribution < -0.4 is 9.47 Å². The molecule has 1 aromatic rings. The minimum absolute atomic E-state index is 0.846. The van der Waals surface area contributed by atoms with E-state index in [-0.39, 0.29) is 0 Å². The fraction of sp³-hybridized carbons (Fsp3) is 0.333. The van der Waals surface area contributed by atoms with Crippen molar-refractivity contribution in [2.75, 3.05) is 14.2 Å². The summed E-state index contributed by atoms with van der Waals surface area (Å²) < 4.78 is 10.4. The minimum Gasteiger partial charge on any atom is -0.497 e. The Bertz CT molecular complexity index is 336. The molecule has 0 aliphatic carbocycles. The van der Waals surface area contributed by atoms with Gasteiger partial charge < -0.3 is 9.47 Å². The summed E-state index contributed by atoms with van der Waals surface area (Å²) in [5.41, 5.74) is 2.28. The van der Waals surface area contributed by atoms with Crippen molar-refractivity contribution < 1.29 is 9.47 Å². The first-order valence-corrected chi connectivity index (χ1v) is 4.54. The van der Waals surface area contributed by atoms with E-state index in [2.05, 4.69) is 19.9 Å². The van der Waals surface area contributed by atoms with Crippen LogP contribution in [0.5, 0.6) is 11.5 Å². The molecule has 0 unspecified atom stereocenters. The van der Waals surface area contributed by atoms with Crippen LogP contribution in [-0.4, -0.2) is 14.2 Å². The van der Waals surface area contributed by atoms with Crippen LogP contribution >= 0.6 is 0 Å². The van der Waals surface area contributed by atoms with E-state index >= 15 is 0 Å². The van der Waals surface area contributed by atoms with Gasteiger partial charge in [0.25, 0.3) is 0 Å². The molecular weight excluding hydrogens is 176 g/mol. The molecule has 1 aromatic carbocycles. The van der Waals surface area contributed by atoms with Crippen molar-refractivity contribution in [3.8, 4) is 11.5 Å². The molecule has 14 heavy (non-hydrogen) atoms. The van der Waals surface area contributed by atoms with Crippen molar-refractivity contribution in [2.45, 2.75) is 13.8 Å². The summed E-state index contributed by atoms with van der Waals surface area (Å²) in [5, 5.41) is 0. The molecule has 0 heterocycles. The quantitative estimate of drug-likeness (QED) is 0.732. The Morgan fingerprint density at radius 1 is 1.14 bits per heavy atom. The molecule has 0 aromatic heterocycles. The van der Waals surface area contributed by atoms with Crippen LogP contribution in [0.4, 0.5) is 0 Å². The highest BCUT2D eigenvalue weighted by Crippen LogP contribution is 2.25. The first-order chi connectivity index (χ1) is 6.67. The first kappa shape index (κ1) is 10.6. The van der Waals surface area contributed by atoms with Crippen LogP contribution in [0, 0.1) is 0 Å². The Morgan fingerprint density at radius 3 is 2.36 bits per heavy atom. The second kappa shape index (κ2) is 4.70. The van der Waals surface area contributed by atoms with Crippen LogP contribution in [0.2, 0.25) is 0 Å². The molecule has 2 heteroatoms. The van der Waals surface area contributed by atoms with Crippen molar-refractivity contribution in [1.82, 2.24) is 0 Å². The molecule has 0 atom stereocenters. The third-order valence-corrected chi connectivity index (χ3v) is 1.88. The van der Waals surface area contributed by atoms with Gasteiger partial charge in [-0.1, -0.05) is 11.6 Å². The van der Waals surface area contributed by atoms with Crippen molar-refractivity contribution in [2.24, 2.45) is 0 Å². The normalized spacial score (nSPS) is 9.43. The van der Waals surface area contributed by atoms with E-state index in [0.29, 0.717) is 0 Å². The van der Waals surface area contributed by atoms with Crippen molar-refractivity contribution in [3.63, 3.8) is 0 Å². The van der Waals surface area contributed by atoms with E-state index in [0.717, 1.165) is 17.1 Å². The average Bonchev–Trinajstić information content (AvgIpc) is 2.16. The lowest BCUT2D eigenvalue weighted by Crippen LogP contribution is -1.89. The maximum atomic E-state index is 5.25. The molecule has 2 nitrogen and oxygen atoms in total. The Balaban J connectivity index is 3.15. The number of rotatable bonds is 3. The standard InChI is InChI=1S/C12H16O2/c1-9(2)7-10-8-11(13-3)5-6-12(10)14-4/h5-8H,1-4H3. The zero-order valence-electron chi connectivity index (χ0n) is 9.13. The summed E-state index contributed by atoms with van der Waals surface area (Å²) in [4.78, 5) is 0. The van der Waals surface area contributed by atoms with E-state index in [1.807, 2.05) is 18.2 Å². The van der Waals surface area contributed by atoms with E-state index < -0.39 is 0 Å². The SMILES string of the molecule is COc1ccc(OC)c(C=C(C)C)c1. The summed E-state index contributed by atoms with van der Waals surface area (Å²) in [6.07, 6.45) is 2.07. The monoisotopic (exact) mass is 192 g/mol. The molecule has 0 saturated carbocycles. The summed E-state index contributed by atoms with van der Waals surface area (Å²) in [5.74, 6) is 1.71. The zero-order valence-corrected chi connectivity index (χ0v) is 9.13. The predicted octanol–water partition coefficient (Wildman–Crippen LogP) is 3.13. The lowest BCUT2D eigenvalue weighted by Gasteiger charge is -2.07. The predicted molar refractivity (Wildman–Crippen MR) is 58.9 cm³/mol. The van der Waals surface area contributed by atoms with Gasteiger partial charge >= 0.3 is 0 Å². The number of hydrogen-bond acceptors (Lipinski definition) is 2. The van der Waals surface area contributed by atoms with Crippen molar-refractivity contribution in [3.05, 3.63) is 29.3 Å². The maximum Gasteiger partial charge on any atom is 0.126 e. The third-order valence-electron chi connectivity index (χ3n) is 1.88. The number of benzene rings is 1. The number of methoxy groups -OCH3 is 2. The molecule has 0 fully saturated rings. The average molecular weight is 192 g/mol. The molecule has 0 N–H and O–H groups in total. The summed E-state index contributed by atoms with van der Waals surface area (Å²) in [6.45, 7) is 4.11. The third kappa shape index (κ3) is 2.52. The molecule has 0 aliphatic heterocycles. The van der Waals surface area contributed by atoms with Crippen LogP contribution in [-0.2, 0) is 0 Å². The highest BCUT2D eigenvalue weighted by atomic mass is 16.5. The van der Waals surface area contributed by atoms with Gasteiger partial charge in [-0.25, -0.2) is 0 Å². The van der Waals surface area contributed by atoms with E-state index in [9.17, 15) is 0 Å². The number of ether oxygens (including phenoxy) is 2. The Hall–Kier alpha value is -1.44. The highest BCUT2D eigenvalue weighted by Gasteiger charge is 2.01. The Morgan fingerprint density at radius 2 is 1.86 bits per heavy atom. The molecule has 76 valence electrons. The fourth-order valence-electron chi connectivity index (χ4n) is 1.26. The maximum absolute atomic E-state index is 5.25. The van der Waals surface area contributed by atoms with Gasteiger partial charge in [-0.2, -0.15) is 0 Å². The minimum atomic E-state index is 0.846. The van der Waals surface area contributed by atoms with Gasteiger partial charge in [0.15, 0.2) is 0 Å². The first-order valence-electron chi connectivity index (χ1n) is 4.54. The second-order valence-electron chi connectivity index (χ2n) is 3.33. The van der Waals surface area contributed by atoms with Gasteiger partial charge in [0.2, 0.25) is 0 Å². The van der Waals surface area contributed by atoms with Gasteiger partial charge in [0.05, 0.1) is 14.2 Å². The highest BCUT2D eigenvalue weighted by molar-refractivity contribution is 5.61. The zero-order chi connectivity index (χ0) is 10.6. The molecule has 0 bridgehead atoms. The second-order valence-corrected chi connectivity index (χ2v) is 3.33. The molecule has 0 saturated heterocycles. The summed E-state index contributed by atoms with van der Waals surface area (Å²) in [7, 11) is 3.33. The lowest BCUT2D eigenvalue weighted by molar-refractivity contribution is 0.402. The van der Waals surface area contributed by atoms with Crippen LogP contribution in [0.3, 0.4) is 0 Å². The lowest BCUT2D eigenvalue weighted by atomic mass is 10.1. The topological polar surface area (TPSA) is 18.5 Å². The molecule has 0 amide bonds. The Labute approximate surface area is 85.2 Å². The van der Waals surface area contributed by atoms with Crippen LogP contribution in [0.25, 0.3) is 6.08 Å². The van der Waals surface area contributed by atoms with Crippen molar-refractivity contribution >= 4 is 6.08 Å². The number of allylic oxidation sites excluding steroid dienone is 1. The van der Waals surface area contributed by atoms with Gasteiger partial charge in [-0.15, -0.1) is 0 Å². The van der Waals surface area contributed by atoms with Gasteiger partial charge in [-0.3, -0.25) is 0 Å². The van der Waals surface area contributed by atoms with Crippen LogP contribution in [0.15, 0.2) is 23.8 Å².